The second kappa shape index (κ2) is 5.47. The molecule has 2 aliphatic heterocycles. The lowest BCUT2D eigenvalue weighted by Crippen LogP contribution is -2.48. The van der Waals surface area contributed by atoms with Gasteiger partial charge in [-0.1, -0.05) is 0 Å². The van der Waals surface area contributed by atoms with Crippen LogP contribution in [0.25, 0.3) is 0 Å². The summed E-state index contributed by atoms with van der Waals surface area (Å²) in [5, 5.41) is 4.61. The Morgan fingerprint density at radius 2 is 2.00 bits per heavy atom. The van der Waals surface area contributed by atoms with E-state index in [9.17, 15) is 0 Å². The van der Waals surface area contributed by atoms with Gasteiger partial charge in [0, 0.05) is 30.8 Å². The Bertz CT molecular complexity index is 478. The van der Waals surface area contributed by atoms with Gasteiger partial charge in [-0.2, -0.15) is 5.10 Å². The second-order valence-electron chi connectivity index (χ2n) is 5.89. The standard InChI is InChI=1S/C15H25N3O2/c1-4-18-13(3)14(12(2)16-18)10-17-7-5-6-15(11-17)19-8-9-20-15/h4-11H2,1-3H3. The van der Waals surface area contributed by atoms with Crippen LogP contribution in [-0.4, -0.2) is 46.8 Å². The van der Waals surface area contributed by atoms with E-state index in [1.807, 2.05) is 0 Å². The first kappa shape index (κ1) is 14.0. The fourth-order valence-electron chi connectivity index (χ4n) is 3.43. The van der Waals surface area contributed by atoms with Crippen molar-refractivity contribution in [2.45, 2.75) is 52.5 Å². The molecule has 0 aliphatic carbocycles. The molecule has 0 bridgehead atoms. The Morgan fingerprint density at radius 1 is 1.25 bits per heavy atom. The monoisotopic (exact) mass is 279 g/mol. The summed E-state index contributed by atoms with van der Waals surface area (Å²) in [5.74, 6) is -0.333. The third kappa shape index (κ3) is 2.50. The average Bonchev–Trinajstić information content (AvgIpc) is 2.98. The lowest BCUT2D eigenvalue weighted by atomic mass is 10.0. The van der Waals surface area contributed by atoms with Crippen molar-refractivity contribution in [1.29, 1.82) is 0 Å². The third-order valence-electron chi connectivity index (χ3n) is 4.52. The molecule has 3 rings (SSSR count). The topological polar surface area (TPSA) is 39.5 Å². The number of hydrogen-bond donors (Lipinski definition) is 0. The summed E-state index contributed by atoms with van der Waals surface area (Å²) in [6, 6.07) is 0. The second-order valence-corrected chi connectivity index (χ2v) is 5.89. The summed E-state index contributed by atoms with van der Waals surface area (Å²) >= 11 is 0. The van der Waals surface area contributed by atoms with Crippen molar-refractivity contribution in [3.05, 3.63) is 17.0 Å². The van der Waals surface area contributed by atoms with Crippen molar-refractivity contribution in [1.82, 2.24) is 14.7 Å². The van der Waals surface area contributed by atoms with E-state index in [4.69, 9.17) is 9.47 Å². The molecule has 3 heterocycles. The molecule has 112 valence electrons. The van der Waals surface area contributed by atoms with Crippen LogP contribution in [0.3, 0.4) is 0 Å². The molecule has 1 aromatic rings. The zero-order valence-corrected chi connectivity index (χ0v) is 12.8. The average molecular weight is 279 g/mol. The van der Waals surface area contributed by atoms with Crippen LogP contribution in [0.4, 0.5) is 0 Å². The van der Waals surface area contributed by atoms with E-state index in [-0.39, 0.29) is 5.79 Å². The molecule has 2 aliphatic rings. The summed E-state index contributed by atoms with van der Waals surface area (Å²) in [5.41, 5.74) is 3.80. The Morgan fingerprint density at radius 3 is 2.65 bits per heavy atom. The van der Waals surface area contributed by atoms with Crippen LogP contribution in [0.15, 0.2) is 0 Å². The Hall–Kier alpha value is -0.910. The molecule has 0 unspecified atom stereocenters. The lowest BCUT2D eigenvalue weighted by molar-refractivity contribution is -0.190. The highest BCUT2D eigenvalue weighted by atomic mass is 16.7. The van der Waals surface area contributed by atoms with E-state index < -0.39 is 0 Å². The highest BCUT2D eigenvalue weighted by Crippen LogP contribution is 2.31. The molecule has 0 amide bonds. The number of aromatic nitrogens is 2. The van der Waals surface area contributed by atoms with Gasteiger partial charge >= 0.3 is 0 Å². The maximum Gasteiger partial charge on any atom is 0.181 e. The Kier molecular flexibility index (Phi) is 3.84. The molecule has 5 heteroatoms. The predicted octanol–water partition coefficient (Wildman–Crippen LogP) is 1.86. The van der Waals surface area contributed by atoms with Gasteiger partial charge in [0.1, 0.15) is 0 Å². The Labute approximate surface area is 120 Å². The van der Waals surface area contributed by atoms with Gasteiger partial charge < -0.3 is 9.47 Å². The minimum absolute atomic E-state index is 0.333. The SMILES string of the molecule is CCn1nc(C)c(CN2CCCC3(C2)OCCO3)c1C. The van der Waals surface area contributed by atoms with Gasteiger partial charge in [-0.3, -0.25) is 9.58 Å². The van der Waals surface area contributed by atoms with Crippen LogP contribution >= 0.6 is 0 Å². The molecular formula is C15H25N3O2. The molecule has 2 saturated heterocycles. The van der Waals surface area contributed by atoms with Gasteiger partial charge in [-0.05, 0) is 33.7 Å². The fraction of sp³-hybridized carbons (Fsp3) is 0.800. The van der Waals surface area contributed by atoms with Crippen LogP contribution in [-0.2, 0) is 22.6 Å². The van der Waals surface area contributed by atoms with Crippen molar-refractivity contribution in [3.63, 3.8) is 0 Å². The quantitative estimate of drug-likeness (QED) is 0.846. The molecule has 0 radical (unpaired) electrons. The van der Waals surface area contributed by atoms with E-state index in [1.165, 1.54) is 11.3 Å². The number of piperidine rings is 1. The number of rotatable bonds is 3. The molecule has 0 aromatic carbocycles. The summed E-state index contributed by atoms with van der Waals surface area (Å²) in [4.78, 5) is 2.45. The van der Waals surface area contributed by atoms with Crippen LogP contribution in [0.2, 0.25) is 0 Å². The first-order valence-electron chi connectivity index (χ1n) is 7.67. The van der Waals surface area contributed by atoms with Gasteiger partial charge in [0.2, 0.25) is 0 Å². The van der Waals surface area contributed by atoms with Gasteiger partial charge in [-0.15, -0.1) is 0 Å². The van der Waals surface area contributed by atoms with Gasteiger partial charge in [0.15, 0.2) is 5.79 Å². The van der Waals surface area contributed by atoms with Crippen molar-refractivity contribution < 1.29 is 9.47 Å². The number of nitrogens with zero attached hydrogens (tertiary/aromatic N) is 3. The highest BCUT2D eigenvalue weighted by molar-refractivity contribution is 5.24. The first-order valence-corrected chi connectivity index (χ1v) is 7.67. The van der Waals surface area contributed by atoms with Crippen molar-refractivity contribution >= 4 is 0 Å². The molecule has 1 aromatic heterocycles. The van der Waals surface area contributed by atoms with E-state index in [1.54, 1.807) is 0 Å². The predicted molar refractivity (Wildman–Crippen MR) is 76.5 cm³/mol. The van der Waals surface area contributed by atoms with Gasteiger partial charge in [-0.25, -0.2) is 0 Å². The Balaban J connectivity index is 1.73. The molecule has 0 atom stereocenters. The zero-order chi connectivity index (χ0) is 14.2. The van der Waals surface area contributed by atoms with Crippen molar-refractivity contribution in [2.75, 3.05) is 26.3 Å². The molecule has 0 N–H and O–H groups in total. The van der Waals surface area contributed by atoms with Crippen molar-refractivity contribution in [2.24, 2.45) is 0 Å². The molecule has 0 saturated carbocycles. The van der Waals surface area contributed by atoms with Crippen LogP contribution in [0.1, 0.15) is 36.7 Å². The minimum Gasteiger partial charge on any atom is -0.346 e. The molecule has 2 fully saturated rings. The van der Waals surface area contributed by atoms with Crippen LogP contribution in [0.5, 0.6) is 0 Å². The first-order chi connectivity index (χ1) is 9.63. The fourth-order valence-corrected chi connectivity index (χ4v) is 3.43. The maximum absolute atomic E-state index is 5.85. The van der Waals surface area contributed by atoms with Gasteiger partial charge in [0.25, 0.3) is 0 Å². The largest absolute Gasteiger partial charge is 0.346 e. The molecule has 20 heavy (non-hydrogen) atoms. The summed E-state index contributed by atoms with van der Waals surface area (Å²) in [7, 11) is 0. The van der Waals surface area contributed by atoms with Crippen LogP contribution in [0, 0.1) is 13.8 Å². The van der Waals surface area contributed by atoms with Crippen molar-refractivity contribution in [3.8, 4) is 0 Å². The van der Waals surface area contributed by atoms with E-state index in [0.717, 1.165) is 57.9 Å². The number of ether oxygens (including phenoxy) is 2. The van der Waals surface area contributed by atoms with Gasteiger partial charge in [0.05, 0.1) is 25.5 Å². The summed E-state index contributed by atoms with van der Waals surface area (Å²) < 4.78 is 13.8. The molecule has 1 spiro atoms. The smallest absolute Gasteiger partial charge is 0.181 e. The number of aryl methyl sites for hydroxylation is 2. The number of likely N-dealkylation sites (tertiary alicyclic amines) is 1. The summed E-state index contributed by atoms with van der Waals surface area (Å²) in [6.45, 7) is 11.8. The lowest BCUT2D eigenvalue weighted by Gasteiger charge is -2.38. The van der Waals surface area contributed by atoms with E-state index >= 15 is 0 Å². The molecule has 5 nitrogen and oxygen atoms in total. The zero-order valence-electron chi connectivity index (χ0n) is 12.8. The third-order valence-corrected chi connectivity index (χ3v) is 4.52. The maximum atomic E-state index is 5.85. The normalized spacial score (nSPS) is 22.8. The molecular weight excluding hydrogens is 254 g/mol. The minimum atomic E-state index is -0.333. The van der Waals surface area contributed by atoms with E-state index in [0.29, 0.717) is 0 Å². The highest BCUT2D eigenvalue weighted by Gasteiger charge is 2.40. The van der Waals surface area contributed by atoms with E-state index in [2.05, 4.69) is 35.5 Å². The summed E-state index contributed by atoms with van der Waals surface area (Å²) in [6.07, 6.45) is 2.16. The van der Waals surface area contributed by atoms with Crippen LogP contribution < -0.4 is 0 Å². The number of hydrogen-bond acceptors (Lipinski definition) is 4.